The van der Waals surface area contributed by atoms with Gasteiger partial charge in [0.05, 0.1) is 0 Å². The van der Waals surface area contributed by atoms with Crippen molar-refractivity contribution in [2.24, 2.45) is 5.73 Å². The lowest BCUT2D eigenvalue weighted by Gasteiger charge is -2.23. The summed E-state index contributed by atoms with van der Waals surface area (Å²) in [5, 5.41) is 9.94. The van der Waals surface area contributed by atoms with E-state index in [1.165, 1.54) is 0 Å². The Morgan fingerprint density at radius 1 is 1.35 bits per heavy atom. The summed E-state index contributed by atoms with van der Waals surface area (Å²) < 4.78 is 6.41. The second kappa shape index (κ2) is 4.53. The van der Waals surface area contributed by atoms with Crippen LogP contribution in [0.25, 0.3) is 0 Å². The van der Waals surface area contributed by atoms with Crippen LogP contribution in [0.15, 0.2) is 16.6 Å². The number of ether oxygens (including phenoxy) is 1. The van der Waals surface area contributed by atoms with Gasteiger partial charge in [0.1, 0.15) is 5.82 Å². The molecule has 0 spiro atoms. The summed E-state index contributed by atoms with van der Waals surface area (Å²) in [5.74, 6) is 1.00. The molecule has 1 aliphatic rings. The van der Waals surface area contributed by atoms with Crippen molar-refractivity contribution in [3.63, 3.8) is 0 Å². The molecule has 0 aliphatic carbocycles. The summed E-state index contributed by atoms with van der Waals surface area (Å²) in [6, 6.07) is 3.43. The van der Waals surface area contributed by atoms with E-state index in [4.69, 9.17) is 21.9 Å². The van der Waals surface area contributed by atoms with E-state index in [9.17, 15) is 5.11 Å². The highest BCUT2D eigenvalue weighted by Gasteiger charge is 2.26. The fraction of sp³-hybridized carbons (Fsp3) is 0.154. The van der Waals surface area contributed by atoms with Gasteiger partial charge in [-0.3, -0.25) is 0 Å². The number of nitrogen functional groups attached to an aromatic ring is 2. The maximum Gasteiger partial charge on any atom is 0.227 e. The molecular weight excluding hydrogens is 324 g/mol. The second-order valence-corrected chi connectivity index (χ2v) is 5.48. The second-order valence-electron chi connectivity index (χ2n) is 4.57. The molecule has 2 aromatic rings. The summed E-state index contributed by atoms with van der Waals surface area (Å²) in [4.78, 5) is 4.18. The Morgan fingerprint density at radius 3 is 2.80 bits per heavy atom. The zero-order valence-corrected chi connectivity index (χ0v) is 12.1. The summed E-state index contributed by atoms with van der Waals surface area (Å²) in [7, 11) is 0. The molecule has 6 nitrogen and oxygen atoms in total. The first-order valence-corrected chi connectivity index (χ1v) is 6.76. The van der Waals surface area contributed by atoms with Gasteiger partial charge in [-0.1, -0.05) is 15.9 Å². The monoisotopic (exact) mass is 336 g/mol. The zero-order valence-electron chi connectivity index (χ0n) is 10.5. The predicted molar refractivity (Wildman–Crippen MR) is 79.6 cm³/mol. The fourth-order valence-corrected chi connectivity index (χ4v) is 2.81. The van der Waals surface area contributed by atoms with Crippen LogP contribution in [0.1, 0.15) is 16.7 Å². The highest BCUT2D eigenvalue weighted by Crippen LogP contribution is 2.45. The zero-order chi connectivity index (χ0) is 14.4. The molecule has 0 saturated heterocycles. The number of aromatic hydroxyl groups is 1. The molecule has 104 valence electrons. The fourth-order valence-electron chi connectivity index (χ4n) is 2.32. The Hall–Kier alpha value is -1.99. The van der Waals surface area contributed by atoms with E-state index in [1.54, 1.807) is 6.07 Å². The van der Waals surface area contributed by atoms with Crippen LogP contribution in [0, 0.1) is 0 Å². The lowest BCUT2D eigenvalue weighted by atomic mass is 9.98. The summed E-state index contributed by atoms with van der Waals surface area (Å²) in [6.07, 6.45) is 0.504. The van der Waals surface area contributed by atoms with Crippen LogP contribution in [-0.2, 0) is 13.0 Å². The minimum atomic E-state index is 0.0434. The number of phenolic OH excluding ortho intramolecular Hbond substituents is 1. The van der Waals surface area contributed by atoms with Crippen molar-refractivity contribution in [3.8, 4) is 17.4 Å². The molecule has 0 radical (unpaired) electrons. The number of fused-ring (bicyclic) bond motifs is 2. The van der Waals surface area contributed by atoms with E-state index >= 15 is 0 Å². The summed E-state index contributed by atoms with van der Waals surface area (Å²) >= 11 is 3.34. The Morgan fingerprint density at radius 2 is 2.10 bits per heavy atom. The van der Waals surface area contributed by atoms with Gasteiger partial charge in [-0.2, -0.15) is 4.98 Å². The number of halogens is 1. The molecule has 2 heterocycles. The number of nitrogens with zero attached hydrogens (tertiary/aromatic N) is 1. The molecule has 1 aromatic heterocycles. The number of hydrogen-bond donors (Lipinski definition) is 4. The topological polar surface area (TPSA) is 120 Å². The average molecular weight is 337 g/mol. The quantitative estimate of drug-likeness (QED) is 0.538. The standard InChI is InChI=1S/C13H13BrN4O2/c14-6-1-5-2-7-10(16)8(4-15)12(17)18-13(7)20-11(5)9(19)3-6/h1,3,19H,2,4,15H2,(H4,16,17,18). The molecule has 0 unspecified atom stereocenters. The molecule has 1 aliphatic heterocycles. The number of hydrogen-bond acceptors (Lipinski definition) is 6. The molecule has 0 atom stereocenters. The van der Waals surface area contributed by atoms with E-state index in [0.29, 0.717) is 29.3 Å². The van der Waals surface area contributed by atoms with Crippen molar-refractivity contribution in [1.29, 1.82) is 0 Å². The Labute approximate surface area is 123 Å². The van der Waals surface area contributed by atoms with Gasteiger partial charge in [0, 0.05) is 39.8 Å². The van der Waals surface area contributed by atoms with Gasteiger partial charge in [0.25, 0.3) is 0 Å². The smallest absolute Gasteiger partial charge is 0.227 e. The first kappa shape index (κ1) is 13.0. The number of pyridine rings is 1. The maximum atomic E-state index is 9.94. The number of nitrogens with two attached hydrogens (primary N) is 3. The van der Waals surface area contributed by atoms with Crippen molar-refractivity contribution >= 4 is 27.4 Å². The van der Waals surface area contributed by atoms with Crippen molar-refractivity contribution in [1.82, 2.24) is 4.98 Å². The van der Waals surface area contributed by atoms with Crippen LogP contribution < -0.4 is 21.9 Å². The van der Waals surface area contributed by atoms with Gasteiger partial charge in [0.2, 0.25) is 5.88 Å². The van der Waals surface area contributed by atoms with Crippen LogP contribution >= 0.6 is 15.9 Å². The molecular formula is C13H13BrN4O2. The molecule has 7 heteroatoms. The van der Waals surface area contributed by atoms with E-state index in [2.05, 4.69) is 20.9 Å². The third-order valence-corrected chi connectivity index (χ3v) is 3.78. The van der Waals surface area contributed by atoms with Crippen LogP contribution in [0.5, 0.6) is 17.4 Å². The first-order chi connectivity index (χ1) is 9.51. The minimum absolute atomic E-state index is 0.0434. The number of aromatic nitrogens is 1. The van der Waals surface area contributed by atoms with Crippen molar-refractivity contribution in [3.05, 3.63) is 33.3 Å². The van der Waals surface area contributed by atoms with Gasteiger partial charge in [-0.05, 0) is 12.1 Å². The molecule has 0 fully saturated rings. The van der Waals surface area contributed by atoms with Crippen LogP contribution in [-0.4, -0.2) is 10.1 Å². The molecule has 3 rings (SSSR count). The number of benzene rings is 1. The number of phenols is 1. The molecule has 0 saturated carbocycles. The normalized spacial score (nSPS) is 12.5. The van der Waals surface area contributed by atoms with Crippen LogP contribution in [0.2, 0.25) is 0 Å². The van der Waals surface area contributed by atoms with E-state index in [0.717, 1.165) is 15.6 Å². The van der Waals surface area contributed by atoms with E-state index < -0.39 is 0 Å². The third-order valence-electron chi connectivity index (χ3n) is 3.32. The average Bonchev–Trinajstić information content (AvgIpc) is 2.38. The lowest BCUT2D eigenvalue weighted by Crippen LogP contribution is -2.14. The third kappa shape index (κ3) is 1.86. The summed E-state index contributed by atoms with van der Waals surface area (Å²) in [6.45, 7) is 0.217. The highest BCUT2D eigenvalue weighted by atomic mass is 79.9. The predicted octanol–water partition coefficient (Wildman–Crippen LogP) is 1.87. The Bertz CT molecular complexity index is 718. The van der Waals surface area contributed by atoms with Crippen LogP contribution in [0.4, 0.5) is 11.5 Å². The Kier molecular flexibility index (Phi) is 2.95. The van der Waals surface area contributed by atoms with Gasteiger partial charge in [0.15, 0.2) is 11.5 Å². The molecule has 0 bridgehead atoms. The minimum Gasteiger partial charge on any atom is -0.504 e. The first-order valence-electron chi connectivity index (χ1n) is 5.97. The van der Waals surface area contributed by atoms with Crippen molar-refractivity contribution in [2.45, 2.75) is 13.0 Å². The molecule has 20 heavy (non-hydrogen) atoms. The maximum absolute atomic E-state index is 9.94. The number of rotatable bonds is 1. The number of anilines is 2. The Balaban J connectivity index is 2.18. The largest absolute Gasteiger partial charge is 0.504 e. The van der Waals surface area contributed by atoms with Gasteiger partial charge >= 0.3 is 0 Å². The lowest BCUT2D eigenvalue weighted by molar-refractivity contribution is 0.389. The van der Waals surface area contributed by atoms with Gasteiger partial charge in [-0.15, -0.1) is 0 Å². The highest BCUT2D eigenvalue weighted by molar-refractivity contribution is 9.10. The molecule has 7 N–H and O–H groups in total. The van der Waals surface area contributed by atoms with Gasteiger partial charge in [-0.25, -0.2) is 0 Å². The van der Waals surface area contributed by atoms with Gasteiger partial charge < -0.3 is 27.0 Å². The molecule has 1 aromatic carbocycles. The van der Waals surface area contributed by atoms with Crippen molar-refractivity contribution < 1.29 is 9.84 Å². The molecule has 0 amide bonds. The SMILES string of the molecule is NCc1c(N)nc2c(c1N)Cc1cc(Br)cc(O)c1O2. The summed E-state index contributed by atoms with van der Waals surface area (Å²) in [5.41, 5.74) is 20.2. The van der Waals surface area contributed by atoms with Crippen LogP contribution in [0.3, 0.4) is 0 Å². The van der Waals surface area contributed by atoms with Crippen molar-refractivity contribution in [2.75, 3.05) is 11.5 Å². The van der Waals surface area contributed by atoms with E-state index in [-0.39, 0.29) is 18.1 Å². The van der Waals surface area contributed by atoms with E-state index in [1.807, 2.05) is 6.07 Å².